The molecule has 3 heteroatoms. The molecule has 0 saturated carbocycles. The first-order valence-corrected chi connectivity index (χ1v) is 5.85. The van der Waals surface area contributed by atoms with Gasteiger partial charge in [-0.05, 0) is 25.5 Å². The SMILES string of the molecule is CCCOC(C)C(=O)c1ccc(Br)cc1. The average molecular weight is 271 g/mol. The van der Waals surface area contributed by atoms with Gasteiger partial charge >= 0.3 is 0 Å². The molecule has 0 saturated heterocycles. The lowest BCUT2D eigenvalue weighted by atomic mass is 10.1. The zero-order chi connectivity index (χ0) is 11.3. The third-order valence-corrected chi connectivity index (χ3v) is 2.60. The van der Waals surface area contributed by atoms with Gasteiger partial charge in [-0.1, -0.05) is 35.0 Å². The number of carbonyl (C=O) groups is 1. The zero-order valence-corrected chi connectivity index (χ0v) is 10.6. The van der Waals surface area contributed by atoms with E-state index in [1.165, 1.54) is 0 Å². The second-order valence-corrected chi connectivity index (χ2v) is 4.30. The van der Waals surface area contributed by atoms with Crippen LogP contribution >= 0.6 is 15.9 Å². The summed E-state index contributed by atoms with van der Waals surface area (Å²) in [5.41, 5.74) is 0.696. The number of rotatable bonds is 5. The van der Waals surface area contributed by atoms with Crippen molar-refractivity contribution in [2.75, 3.05) is 6.61 Å². The van der Waals surface area contributed by atoms with E-state index in [2.05, 4.69) is 15.9 Å². The summed E-state index contributed by atoms with van der Waals surface area (Å²) in [4.78, 5) is 11.8. The van der Waals surface area contributed by atoms with Crippen LogP contribution in [0.5, 0.6) is 0 Å². The number of carbonyl (C=O) groups excluding carboxylic acids is 1. The van der Waals surface area contributed by atoms with Gasteiger partial charge in [0.2, 0.25) is 0 Å². The Hall–Kier alpha value is -0.670. The Morgan fingerprint density at radius 1 is 1.40 bits per heavy atom. The molecule has 2 nitrogen and oxygen atoms in total. The molecule has 1 unspecified atom stereocenters. The van der Waals surface area contributed by atoms with E-state index in [4.69, 9.17) is 4.74 Å². The molecule has 0 fully saturated rings. The first-order valence-electron chi connectivity index (χ1n) is 5.06. The van der Waals surface area contributed by atoms with E-state index < -0.39 is 0 Å². The molecular formula is C12H15BrO2. The van der Waals surface area contributed by atoms with E-state index in [1.807, 2.05) is 19.1 Å². The van der Waals surface area contributed by atoms with Crippen molar-refractivity contribution in [3.63, 3.8) is 0 Å². The Balaban J connectivity index is 2.63. The van der Waals surface area contributed by atoms with Crippen LogP contribution in [0.3, 0.4) is 0 Å². The average Bonchev–Trinajstić information content (AvgIpc) is 2.26. The van der Waals surface area contributed by atoms with Crippen LogP contribution < -0.4 is 0 Å². The smallest absolute Gasteiger partial charge is 0.191 e. The lowest BCUT2D eigenvalue weighted by molar-refractivity contribution is 0.0479. The van der Waals surface area contributed by atoms with Crippen molar-refractivity contribution in [3.8, 4) is 0 Å². The lowest BCUT2D eigenvalue weighted by Crippen LogP contribution is -2.21. The lowest BCUT2D eigenvalue weighted by Gasteiger charge is -2.11. The van der Waals surface area contributed by atoms with E-state index in [-0.39, 0.29) is 11.9 Å². The number of halogens is 1. The topological polar surface area (TPSA) is 26.3 Å². The molecule has 0 N–H and O–H groups in total. The highest BCUT2D eigenvalue weighted by molar-refractivity contribution is 9.10. The third-order valence-electron chi connectivity index (χ3n) is 2.07. The molecule has 1 aromatic rings. The molecule has 0 spiro atoms. The Kier molecular flexibility index (Phi) is 4.99. The second-order valence-electron chi connectivity index (χ2n) is 3.38. The van der Waals surface area contributed by atoms with Gasteiger partial charge in [0.25, 0.3) is 0 Å². The molecule has 1 rings (SSSR count). The van der Waals surface area contributed by atoms with E-state index in [0.29, 0.717) is 12.2 Å². The summed E-state index contributed by atoms with van der Waals surface area (Å²) >= 11 is 3.33. The molecule has 15 heavy (non-hydrogen) atoms. The van der Waals surface area contributed by atoms with Gasteiger partial charge in [0.05, 0.1) is 0 Å². The first-order chi connectivity index (χ1) is 7.15. The molecule has 0 radical (unpaired) electrons. The molecular weight excluding hydrogens is 256 g/mol. The van der Waals surface area contributed by atoms with Gasteiger partial charge < -0.3 is 4.74 Å². The first kappa shape index (κ1) is 12.4. The number of hydrogen-bond donors (Lipinski definition) is 0. The van der Waals surface area contributed by atoms with Gasteiger partial charge in [0.1, 0.15) is 6.10 Å². The normalized spacial score (nSPS) is 12.5. The third kappa shape index (κ3) is 3.76. The van der Waals surface area contributed by atoms with Crippen LogP contribution in [-0.4, -0.2) is 18.5 Å². The van der Waals surface area contributed by atoms with E-state index in [1.54, 1.807) is 19.1 Å². The number of benzene rings is 1. The van der Waals surface area contributed by atoms with Crippen molar-refractivity contribution in [3.05, 3.63) is 34.3 Å². The van der Waals surface area contributed by atoms with Crippen molar-refractivity contribution in [2.45, 2.75) is 26.4 Å². The van der Waals surface area contributed by atoms with E-state index in [0.717, 1.165) is 10.9 Å². The largest absolute Gasteiger partial charge is 0.370 e. The fourth-order valence-electron chi connectivity index (χ4n) is 1.22. The molecule has 82 valence electrons. The van der Waals surface area contributed by atoms with E-state index in [9.17, 15) is 4.79 Å². The summed E-state index contributed by atoms with van der Waals surface area (Å²) in [6, 6.07) is 7.33. The Bertz CT molecular complexity index is 319. The van der Waals surface area contributed by atoms with Gasteiger partial charge in [-0.3, -0.25) is 4.79 Å². The predicted octanol–water partition coefficient (Wildman–Crippen LogP) is 3.45. The number of ketones is 1. The summed E-state index contributed by atoms with van der Waals surface area (Å²) in [7, 11) is 0. The van der Waals surface area contributed by atoms with Gasteiger partial charge in [0, 0.05) is 16.6 Å². The molecule has 1 aromatic carbocycles. The molecule has 0 heterocycles. The molecule has 0 aromatic heterocycles. The summed E-state index contributed by atoms with van der Waals surface area (Å²) in [6.07, 6.45) is 0.573. The summed E-state index contributed by atoms with van der Waals surface area (Å²) in [6.45, 7) is 4.44. The van der Waals surface area contributed by atoms with Crippen LogP contribution in [0, 0.1) is 0 Å². The maximum Gasteiger partial charge on any atom is 0.191 e. The standard InChI is InChI=1S/C12H15BrO2/c1-3-8-15-9(2)12(14)10-4-6-11(13)7-5-10/h4-7,9H,3,8H2,1-2H3. The Morgan fingerprint density at radius 3 is 2.53 bits per heavy atom. The zero-order valence-electron chi connectivity index (χ0n) is 9.00. The van der Waals surface area contributed by atoms with Gasteiger partial charge in [-0.2, -0.15) is 0 Å². The minimum absolute atomic E-state index is 0.0379. The van der Waals surface area contributed by atoms with Crippen LogP contribution in [0.25, 0.3) is 0 Å². The second kappa shape index (κ2) is 6.03. The summed E-state index contributed by atoms with van der Waals surface area (Å²) in [5, 5.41) is 0. The van der Waals surface area contributed by atoms with Crippen molar-refractivity contribution in [1.82, 2.24) is 0 Å². The quantitative estimate of drug-likeness (QED) is 0.767. The van der Waals surface area contributed by atoms with Crippen molar-refractivity contribution < 1.29 is 9.53 Å². The van der Waals surface area contributed by atoms with Crippen LogP contribution in [-0.2, 0) is 4.74 Å². The molecule has 0 bridgehead atoms. The minimum Gasteiger partial charge on any atom is -0.370 e. The minimum atomic E-state index is -0.355. The highest BCUT2D eigenvalue weighted by atomic mass is 79.9. The molecule has 0 aliphatic carbocycles. The van der Waals surface area contributed by atoms with Crippen LogP contribution in [0.4, 0.5) is 0 Å². The monoisotopic (exact) mass is 270 g/mol. The Labute approximate surface area is 98.8 Å². The van der Waals surface area contributed by atoms with Crippen LogP contribution in [0.15, 0.2) is 28.7 Å². The number of Topliss-reactive ketones (excluding diaryl/α,β-unsaturated/α-hetero) is 1. The predicted molar refractivity (Wildman–Crippen MR) is 64.2 cm³/mol. The summed E-state index contributed by atoms with van der Waals surface area (Å²) in [5.74, 6) is 0.0379. The highest BCUT2D eigenvalue weighted by Crippen LogP contribution is 2.12. The molecule has 0 aliphatic rings. The van der Waals surface area contributed by atoms with Crippen LogP contribution in [0.2, 0.25) is 0 Å². The number of hydrogen-bond acceptors (Lipinski definition) is 2. The fourth-order valence-corrected chi connectivity index (χ4v) is 1.48. The molecule has 0 amide bonds. The van der Waals surface area contributed by atoms with Crippen molar-refractivity contribution in [2.24, 2.45) is 0 Å². The maximum atomic E-state index is 11.8. The molecule has 0 aliphatic heterocycles. The Morgan fingerprint density at radius 2 is 2.00 bits per heavy atom. The highest BCUT2D eigenvalue weighted by Gasteiger charge is 2.14. The van der Waals surface area contributed by atoms with Gasteiger partial charge in [0.15, 0.2) is 5.78 Å². The summed E-state index contributed by atoms with van der Waals surface area (Å²) < 4.78 is 6.35. The number of ether oxygens (including phenoxy) is 1. The van der Waals surface area contributed by atoms with Gasteiger partial charge in [-0.15, -0.1) is 0 Å². The molecule has 1 atom stereocenters. The maximum absolute atomic E-state index is 11.8. The van der Waals surface area contributed by atoms with E-state index >= 15 is 0 Å². The van der Waals surface area contributed by atoms with Gasteiger partial charge in [-0.25, -0.2) is 0 Å². The van der Waals surface area contributed by atoms with Crippen molar-refractivity contribution >= 4 is 21.7 Å². The van der Waals surface area contributed by atoms with Crippen molar-refractivity contribution in [1.29, 1.82) is 0 Å². The van der Waals surface area contributed by atoms with Crippen LogP contribution in [0.1, 0.15) is 30.6 Å². The fraction of sp³-hybridized carbons (Fsp3) is 0.417.